The Bertz CT molecular complexity index is 367. The van der Waals surface area contributed by atoms with E-state index in [-0.39, 0.29) is 0 Å². The number of thioether (sulfide) groups is 1. The van der Waals surface area contributed by atoms with Gasteiger partial charge in [0, 0.05) is 17.2 Å². The summed E-state index contributed by atoms with van der Waals surface area (Å²) < 4.78 is 0. The molecule has 0 aliphatic rings. The molecule has 0 unspecified atom stereocenters. The molecule has 106 valence electrons. The minimum absolute atomic E-state index is 0.604. The monoisotopic (exact) mass is 277 g/mol. The summed E-state index contributed by atoms with van der Waals surface area (Å²) in [6.07, 6.45) is 9.40. The largest absolute Gasteiger partial charge is 0.327 e. The Hall–Kier alpha value is -0.730. The zero-order valence-electron chi connectivity index (χ0n) is 12.3. The van der Waals surface area contributed by atoms with Gasteiger partial charge in [0.05, 0.1) is 0 Å². The summed E-state index contributed by atoms with van der Waals surface area (Å²) >= 11 is 1.99. The molecule has 1 nitrogen and oxygen atoms in total. The quantitative estimate of drug-likeness (QED) is 0.645. The highest BCUT2D eigenvalue weighted by molar-refractivity contribution is 7.99. The van der Waals surface area contributed by atoms with E-state index in [1.165, 1.54) is 41.9 Å². The van der Waals surface area contributed by atoms with Gasteiger partial charge in [-0.15, -0.1) is 11.8 Å². The third-order valence-corrected chi connectivity index (χ3v) is 4.41. The van der Waals surface area contributed by atoms with Crippen LogP contribution in [0.15, 0.2) is 35.2 Å². The average Bonchev–Trinajstić information content (AvgIpc) is 2.43. The normalized spacial score (nSPS) is 11.6. The molecule has 0 amide bonds. The lowest BCUT2D eigenvalue weighted by Crippen LogP contribution is -2.02. The van der Waals surface area contributed by atoms with Gasteiger partial charge in [-0.25, -0.2) is 0 Å². The number of hydrogen-bond donors (Lipinski definition) is 1. The van der Waals surface area contributed by atoms with Crippen LogP contribution in [-0.2, 0) is 0 Å². The van der Waals surface area contributed by atoms with Gasteiger partial charge >= 0.3 is 0 Å². The molecule has 1 rings (SSSR count). The summed E-state index contributed by atoms with van der Waals surface area (Å²) in [4.78, 5) is 1.37. The summed E-state index contributed by atoms with van der Waals surface area (Å²) in [7, 11) is 0. The Labute approximate surface area is 122 Å². The van der Waals surface area contributed by atoms with Gasteiger partial charge in [0.15, 0.2) is 0 Å². The van der Waals surface area contributed by atoms with Crippen molar-refractivity contribution in [3.05, 3.63) is 35.9 Å². The van der Waals surface area contributed by atoms with Crippen molar-refractivity contribution in [3.8, 4) is 0 Å². The molecule has 0 saturated carbocycles. The van der Waals surface area contributed by atoms with Crippen LogP contribution in [0.4, 0.5) is 0 Å². The van der Waals surface area contributed by atoms with E-state index >= 15 is 0 Å². The second-order valence-corrected chi connectivity index (χ2v) is 6.06. The maximum absolute atomic E-state index is 5.49. The average molecular weight is 277 g/mol. The predicted octanol–water partition coefficient (Wildman–Crippen LogP) is 4.97. The first-order valence-corrected chi connectivity index (χ1v) is 8.38. The van der Waals surface area contributed by atoms with E-state index in [0.717, 1.165) is 5.92 Å². The smallest absolute Gasteiger partial charge is 0.0110 e. The highest BCUT2D eigenvalue weighted by Crippen LogP contribution is 2.26. The fourth-order valence-corrected chi connectivity index (χ4v) is 3.41. The summed E-state index contributed by atoms with van der Waals surface area (Å²) in [6.45, 7) is 5.17. The van der Waals surface area contributed by atoms with E-state index in [1.54, 1.807) is 0 Å². The van der Waals surface area contributed by atoms with E-state index in [0.29, 0.717) is 6.54 Å². The highest BCUT2D eigenvalue weighted by Gasteiger charge is 2.07. The summed E-state index contributed by atoms with van der Waals surface area (Å²) in [5.41, 5.74) is 6.74. The number of rotatable bonds is 9. The Morgan fingerprint density at radius 1 is 1.21 bits per heavy atom. The van der Waals surface area contributed by atoms with Crippen molar-refractivity contribution in [1.29, 1.82) is 0 Å². The van der Waals surface area contributed by atoms with E-state index in [2.05, 4.69) is 44.2 Å². The first kappa shape index (κ1) is 16.3. The molecule has 19 heavy (non-hydrogen) atoms. The maximum atomic E-state index is 5.49. The van der Waals surface area contributed by atoms with Crippen molar-refractivity contribution in [3.63, 3.8) is 0 Å². The van der Waals surface area contributed by atoms with Crippen LogP contribution in [0.5, 0.6) is 0 Å². The molecule has 0 aliphatic carbocycles. The number of benzene rings is 1. The van der Waals surface area contributed by atoms with Crippen LogP contribution in [0.25, 0.3) is 6.08 Å². The van der Waals surface area contributed by atoms with E-state index in [1.807, 2.05) is 17.8 Å². The molecule has 1 aromatic rings. The van der Waals surface area contributed by atoms with Crippen LogP contribution in [-0.4, -0.2) is 12.3 Å². The van der Waals surface area contributed by atoms with Gasteiger partial charge in [-0.3, -0.25) is 0 Å². The van der Waals surface area contributed by atoms with E-state index < -0.39 is 0 Å². The molecule has 0 saturated heterocycles. The molecule has 0 bridgehead atoms. The van der Waals surface area contributed by atoms with Crippen molar-refractivity contribution < 1.29 is 0 Å². The van der Waals surface area contributed by atoms with Gasteiger partial charge < -0.3 is 5.73 Å². The molecule has 0 atom stereocenters. The van der Waals surface area contributed by atoms with Gasteiger partial charge in [0.25, 0.3) is 0 Å². The molecule has 0 fully saturated rings. The molecule has 0 radical (unpaired) electrons. The van der Waals surface area contributed by atoms with Gasteiger partial charge in [-0.1, -0.05) is 51.0 Å². The SMILES string of the molecule is CCCC(CCC)CSc1cccc(/C=C/CN)c1. The van der Waals surface area contributed by atoms with Gasteiger partial charge in [-0.2, -0.15) is 0 Å². The Kier molecular flexibility index (Phi) is 8.68. The fraction of sp³-hybridized carbons (Fsp3) is 0.529. The molecule has 0 heterocycles. The van der Waals surface area contributed by atoms with Gasteiger partial charge in [-0.05, 0) is 36.5 Å². The Morgan fingerprint density at radius 2 is 1.95 bits per heavy atom. The second-order valence-electron chi connectivity index (χ2n) is 4.96. The molecule has 0 aromatic heterocycles. The van der Waals surface area contributed by atoms with Crippen molar-refractivity contribution in [2.75, 3.05) is 12.3 Å². The predicted molar refractivity (Wildman–Crippen MR) is 88.6 cm³/mol. The van der Waals surface area contributed by atoms with Crippen LogP contribution >= 0.6 is 11.8 Å². The van der Waals surface area contributed by atoms with E-state index in [9.17, 15) is 0 Å². The van der Waals surface area contributed by atoms with Crippen LogP contribution in [0.2, 0.25) is 0 Å². The molecule has 2 N–H and O–H groups in total. The molecule has 2 heteroatoms. The molecule has 1 aromatic carbocycles. The zero-order chi connectivity index (χ0) is 13.9. The van der Waals surface area contributed by atoms with Crippen LogP contribution in [0, 0.1) is 5.92 Å². The standard InChI is InChI=1S/C17H27NS/c1-3-7-16(8-4-2)14-19-17-11-5-9-15(13-17)10-6-12-18/h5-6,9-11,13,16H,3-4,7-8,12,14,18H2,1-2H3/b10-6+. The maximum Gasteiger partial charge on any atom is 0.0110 e. The number of hydrogen-bond acceptors (Lipinski definition) is 2. The van der Waals surface area contributed by atoms with Crippen molar-refractivity contribution in [2.24, 2.45) is 11.7 Å². The minimum Gasteiger partial charge on any atom is -0.327 e. The lowest BCUT2D eigenvalue weighted by atomic mass is 10.0. The van der Waals surface area contributed by atoms with Gasteiger partial charge in [0.2, 0.25) is 0 Å². The van der Waals surface area contributed by atoms with Crippen molar-refractivity contribution in [1.82, 2.24) is 0 Å². The Morgan fingerprint density at radius 3 is 2.58 bits per heavy atom. The van der Waals surface area contributed by atoms with Crippen molar-refractivity contribution >= 4 is 17.8 Å². The van der Waals surface area contributed by atoms with Crippen molar-refractivity contribution in [2.45, 2.75) is 44.4 Å². The van der Waals surface area contributed by atoms with Gasteiger partial charge in [0.1, 0.15) is 0 Å². The third kappa shape index (κ3) is 6.84. The first-order valence-electron chi connectivity index (χ1n) is 7.39. The lowest BCUT2D eigenvalue weighted by molar-refractivity contribution is 0.488. The topological polar surface area (TPSA) is 26.0 Å². The highest BCUT2D eigenvalue weighted by atomic mass is 32.2. The minimum atomic E-state index is 0.604. The van der Waals surface area contributed by atoms with Crippen LogP contribution in [0.3, 0.4) is 0 Å². The van der Waals surface area contributed by atoms with E-state index in [4.69, 9.17) is 5.73 Å². The van der Waals surface area contributed by atoms with Crippen LogP contribution < -0.4 is 5.73 Å². The zero-order valence-corrected chi connectivity index (χ0v) is 13.1. The van der Waals surface area contributed by atoms with Crippen LogP contribution in [0.1, 0.15) is 45.1 Å². The third-order valence-electron chi connectivity index (χ3n) is 3.18. The fourth-order valence-electron chi connectivity index (χ4n) is 2.25. The number of nitrogens with two attached hydrogens (primary N) is 1. The Balaban J connectivity index is 2.53. The lowest BCUT2D eigenvalue weighted by Gasteiger charge is -2.14. The molecular weight excluding hydrogens is 250 g/mol. The molecule has 0 spiro atoms. The summed E-state index contributed by atoms with van der Waals surface area (Å²) in [6, 6.07) is 8.73. The first-order chi connectivity index (χ1) is 9.30. The second kappa shape index (κ2) is 10.1. The molecular formula is C17H27NS. The summed E-state index contributed by atoms with van der Waals surface area (Å²) in [5.74, 6) is 2.11. The molecule has 0 aliphatic heterocycles. The summed E-state index contributed by atoms with van der Waals surface area (Å²) in [5, 5.41) is 0.